The van der Waals surface area contributed by atoms with E-state index in [1.54, 1.807) is 12.1 Å². The van der Waals surface area contributed by atoms with Crippen LogP contribution in [-0.4, -0.2) is 23.2 Å². The minimum atomic E-state index is -0.252. The number of benzene rings is 2. The number of hydrogen-bond donors (Lipinski definition) is 0. The van der Waals surface area contributed by atoms with E-state index in [4.69, 9.17) is 0 Å². The summed E-state index contributed by atoms with van der Waals surface area (Å²) < 4.78 is 0. The first-order valence-corrected chi connectivity index (χ1v) is 11.3. The van der Waals surface area contributed by atoms with Gasteiger partial charge in [0, 0.05) is 17.8 Å². The SMILES string of the molecule is CCN1c2cc(C)c(/C=C3\SC(=O)N(c4ccccc4)C3=O)cc2[C@@H](C)CC1(C)C. The highest BCUT2D eigenvalue weighted by molar-refractivity contribution is 8.19. The molecule has 0 spiro atoms. The third-order valence-corrected chi connectivity index (χ3v) is 7.05. The normalized spacial score (nSPS) is 22.0. The monoisotopic (exact) mass is 420 g/mol. The second kappa shape index (κ2) is 7.62. The van der Waals surface area contributed by atoms with Crippen LogP contribution in [0.15, 0.2) is 47.4 Å². The minimum absolute atomic E-state index is 0.119. The van der Waals surface area contributed by atoms with Gasteiger partial charge >= 0.3 is 0 Å². The third-order valence-electron chi connectivity index (χ3n) is 6.18. The fraction of sp³-hybridized carbons (Fsp3) is 0.360. The molecule has 0 bridgehead atoms. The number of thioether (sulfide) groups is 1. The smallest absolute Gasteiger partial charge is 0.298 e. The third kappa shape index (κ3) is 3.45. The van der Waals surface area contributed by atoms with Gasteiger partial charge in [0.1, 0.15) is 0 Å². The van der Waals surface area contributed by atoms with Crippen molar-refractivity contribution in [3.63, 3.8) is 0 Å². The summed E-state index contributed by atoms with van der Waals surface area (Å²) in [5.74, 6) is 0.183. The molecule has 2 amide bonds. The lowest BCUT2D eigenvalue weighted by Crippen LogP contribution is -2.48. The maximum atomic E-state index is 13.0. The van der Waals surface area contributed by atoms with Crippen molar-refractivity contribution in [3.8, 4) is 0 Å². The van der Waals surface area contributed by atoms with Gasteiger partial charge in [-0.25, -0.2) is 4.90 Å². The lowest BCUT2D eigenvalue weighted by atomic mass is 9.79. The zero-order chi connectivity index (χ0) is 21.6. The van der Waals surface area contributed by atoms with Crippen LogP contribution in [0, 0.1) is 6.92 Å². The molecule has 1 saturated heterocycles. The highest BCUT2D eigenvalue weighted by Crippen LogP contribution is 2.45. The van der Waals surface area contributed by atoms with Gasteiger partial charge in [0.15, 0.2) is 0 Å². The van der Waals surface area contributed by atoms with Crippen molar-refractivity contribution in [2.45, 2.75) is 52.5 Å². The van der Waals surface area contributed by atoms with Gasteiger partial charge in [0.25, 0.3) is 11.1 Å². The van der Waals surface area contributed by atoms with Gasteiger partial charge in [0.05, 0.1) is 10.6 Å². The lowest BCUT2D eigenvalue weighted by molar-refractivity contribution is -0.113. The second-order valence-corrected chi connectivity index (χ2v) is 9.78. The standard InChI is InChI=1S/C25H28N2O2S/c1-6-26-21-12-16(2)18(13-20(21)17(3)15-25(26,4)5)14-22-23(28)27(24(29)30-22)19-10-8-7-9-11-19/h7-14,17H,6,15H2,1-5H3/b22-14-/t17-/m0/s1. The second-order valence-electron chi connectivity index (χ2n) is 8.78. The first-order chi connectivity index (χ1) is 14.2. The van der Waals surface area contributed by atoms with Crippen LogP contribution in [0.25, 0.3) is 6.08 Å². The molecule has 0 N–H and O–H groups in total. The zero-order valence-corrected chi connectivity index (χ0v) is 19.0. The first-order valence-electron chi connectivity index (χ1n) is 10.5. The molecule has 0 aromatic heterocycles. The van der Waals surface area contributed by atoms with E-state index in [0.717, 1.165) is 35.9 Å². The summed E-state index contributed by atoms with van der Waals surface area (Å²) in [4.78, 5) is 29.7. The van der Waals surface area contributed by atoms with Crippen molar-refractivity contribution < 1.29 is 9.59 Å². The van der Waals surface area contributed by atoms with E-state index < -0.39 is 0 Å². The summed E-state index contributed by atoms with van der Waals surface area (Å²) in [5, 5.41) is -0.250. The molecule has 156 valence electrons. The van der Waals surface area contributed by atoms with Gasteiger partial charge in [-0.1, -0.05) is 25.1 Å². The molecule has 1 atom stereocenters. The van der Waals surface area contributed by atoms with Crippen LogP contribution >= 0.6 is 11.8 Å². The summed E-state index contributed by atoms with van der Waals surface area (Å²) in [7, 11) is 0. The number of anilines is 2. The number of carbonyl (C=O) groups is 2. The van der Waals surface area contributed by atoms with E-state index in [1.807, 2.05) is 24.3 Å². The van der Waals surface area contributed by atoms with E-state index in [1.165, 1.54) is 16.2 Å². The predicted octanol–water partition coefficient (Wildman–Crippen LogP) is 6.35. The Bertz CT molecular complexity index is 1040. The molecule has 0 radical (unpaired) electrons. The van der Waals surface area contributed by atoms with E-state index in [-0.39, 0.29) is 16.7 Å². The molecular weight excluding hydrogens is 392 g/mol. The topological polar surface area (TPSA) is 40.6 Å². The van der Waals surface area contributed by atoms with E-state index >= 15 is 0 Å². The molecule has 5 heteroatoms. The molecule has 4 rings (SSSR count). The Morgan fingerprint density at radius 3 is 2.53 bits per heavy atom. The Morgan fingerprint density at radius 1 is 1.17 bits per heavy atom. The number of amides is 2. The van der Waals surface area contributed by atoms with Gasteiger partial charge in [-0.2, -0.15) is 0 Å². The van der Waals surface area contributed by atoms with Gasteiger partial charge < -0.3 is 4.90 Å². The number of nitrogens with zero attached hydrogens (tertiary/aromatic N) is 2. The average molecular weight is 421 g/mol. The van der Waals surface area contributed by atoms with Crippen molar-refractivity contribution in [2.24, 2.45) is 0 Å². The highest BCUT2D eigenvalue weighted by Gasteiger charge is 2.38. The van der Waals surface area contributed by atoms with E-state index in [2.05, 4.69) is 51.7 Å². The maximum absolute atomic E-state index is 13.0. The molecule has 2 aliphatic heterocycles. The van der Waals surface area contributed by atoms with Gasteiger partial charge in [0.2, 0.25) is 0 Å². The number of aryl methyl sites for hydroxylation is 1. The van der Waals surface area contributed by atoms with Crippen LogP contribution in [0.1, 0.15) is 56.7 Å². The molecule has 2 heterocycles. The molecule has 2 aliphatic rings. The number of carbonyl (C=O) groups excluding carboxylic acids is 2. The summed E-state index contributed by atoms with van der Waals surface area (Å²) >= 11 is 1.01. The lowest BCUT2D eigenvalue weighted by Gasteiger charge is -2.47. The Labute approximate surface area is 182 Å². The van der Waals surface area contributed by atoms with Crippen molar-refractivity contribution >= 4 is 40.4 Å². The van der Waals surface area contributed by atoms with Crippen LogP contribution in [-0.2, 0) is 4.79 Å². The molecule has 0 aliphatic carbocycles. The van der Waals surface area contributed by atoms with Crippen LogP contribution in [0.4, 0.5) is 16.2 Å². The van der Waals surface area contributed by atoms with Crippen molar-refractivity contribution in [3.05, 3.63) is 64.1 Å². The van der Waals surface area contributed by atoms with Crippen LogP contribution in [0.3, 0.4) is 0 Å². The summed E-state index contributed by atoms with van der Waals surface area (Å²) in [6.07, 6.45) is 2.97. The Hall–Kier alpha value is -2.53. The Morgan fingerprint density at radius 2 is 1.87 bits per heavy atom. The minimum Gasteiger partial charge on any atom is -0.366 e. The van der Waals surface area contributed by atoms with Gasteiger partial charge in [-0.05, 0) is 98.8 Å². The molecule has 30 heavy (non-hydrogen) atoms. The van der Waals surface area contributed by atoms with E-state index in [9.17, 15) is 9.59 Å². The maximum Gasteiger partial charge on any atom is 0.298 e. The highest BCUT2D eigenvalue weighted by atomic mass is 32.2. The van der Waals surface area contributed by atoms with E-state index in [0.29, 0.717) is 16.5 Å². The molecule has 0 saturated carbocycles. The molecule has 0 unspecified atom stereocenters. The summed E-state index contributed by atoms with van der Waals surface area (Å²) in [6, 6.07) is 13.6. The van der Waals surface area contributed by atoms with Crippen LogP contribution in [0.2, 0.25) is 0 Å². The fourth-order valence-corrected chi connectivity index (χ4v) is 5.65. The fourth-order valence-electron chi connectivity index (χ4n) is 4.81. The predicted molar refractivity (Wildman–Crippen MR) is 126 cm³/mol. The summed E-state index contributed by atoms with van der Waals surface area (Å²) in [6.45, 7) is 12.1. The molecule has 2 aromatic carbocycles. The van der Waals surface area contributed by atoms with Crippen molar-refractivity contribution in [2.75, 3.05) is 16.3 Å². The Balaban J connectivity index is 1.73. The molecule has 2 aromatic rings. The first kappa shape index (κ1) is 20.7. The van der Waals surface area contributed by atoms with Crippen molar-refractivity contribution in [1.82, 2.24) is 0 Å². The molecule has 4 nitrogen and oxygen atoms in total. The van der Waals surface area contributed by atoms with Crippen LogP contribution < -0.4 is 9.80 Å². The number of fused-ring (bicyclic) bond motifs is 1. The zero-order valence-electron chi connectivity index (χ0n) is 18.2. The molecule has 1 fully saturated rings. The summed E-state index contributed by atoms with van der Waals surface area (Å²) in [5.41, 5.74) is 5.45. The number of imide groups is 1. The quantitative estimate of drug-likeness (QED) is 0.543. The molecular formula is C25H28N2O2S. The van der Waals surface area contributed by atoms with Crippen molar-refractivity contribution in [1.29, 1.82) is 0 Å². The van der Waals surface area contributed by atoms with Gasteiger partial charge in [-0.15, -0.1) is 0 Å². The number of para-hydroxylation sites is 1. The number of rotatable bonds is 3. The largest absolute Gasteiger partial charge is 0.366 e. The average Bonchev–Trinajstić information content (AvgIpc) is 2.96. The van der Waals surface area contributed by atoms with Crippen LogP contribution in [0.5, 0.6) is 0 Å². The Kier molecular flexibility index (Phi) is 5.27. The van der Waals surface area contributed by atoms with Gasteiger partial charge in [-0.3, -0.25) is 9.59 Å². The number of hydrogen-bond acceptors (Lipinski definition) is 4.